The predicted octanol–water partition coefficient (Wildman–Crippen LogP) is 5.10. The average molecular weight is 340 g/mol. The summed E-state index contributed by atoms with van der Waals surface area (Å²) in [7, 11) is 0. The number of carbonyl (C=O) groups excluding carboxylic acids is 2. The number of carbonyl (C=O) groups is 2. The maximum Gasteiger partial charge on any atom is 0.174 e. The molecule has 0 aliphatic heterocycles. The van der Waals surface area contributed by atoms with E-state index in [2.05, 4.69) is 12.1 Å². The first-order valence-corrected chi connectivity index (χ1v) is 9.02. The summed E-state index contributed by atoms with van der Waals surface area (Å²) in [5.74, 6) is -0.905. The summed E-state index contributed by atoms with van der Waals surface area (Å²) in [6.07, 6.45) is 1.75. The lowest BCUT2D eigenvalue weighted by molar-refractivity contribution is 0.0782. The zero-order valence-electron chi connectivity index (χ0n) is 14.5. The van der Waals surface area contributed by atoms with Gasteiger partial charge in [-0.05, 0) is 24.0 Å². The third-order valence-electron chi connectivity index (χ3n) is 5.26. The number of hydrogen-bond acceptors (Lipinski definition) is 2. The number of fused-ring (bicyclic) bond motifs is 1. The second-order valence-corrected chi connectivity index (χ2v) is 6.78. The van der Waals surface area contributed by atoms with Crippen LogP contribution in [0.2, 0.25) is 0 Å². The highest BCUT2D eigenvalue weighted by atomic mass is 16.2. The summed E-state index contributed by atoms with van der Waals surface area (Å²) >= 11 is 0. The van der Waals surface area contributed by atoms with Crippen molar-refractivity contribution >= 4 is 11.6 Å². The molecule has 4 rings (SSSR count). The van der Waals surface area contributed by atoms with Gasteiger partial charge in [0.15, 0.2) is 11.6 Å². The normalized spacial score (nSPS) is 15.7. The molecule has 0 radical (unpaired) electrons. The van der Waals surface area contributed by atoms with E-state index in [-0.39, 0.29) is 17.5 Å². The summed E-state index contributed by atoms with van der Waals surface area (Å²) in [5, 5.41) is 0. The number of rotatable bonds is 5. The minimum Gasteiger partial charge on any atom is -0.293 e. The SMILES string of the molecule is O=C(c1ccccc1)C(C(=O)c1ccccc1)C1CCc2ccccc21. The van der Waals surface area contributed by atoms with Crippen molar-refractivity contribution in [1.82, 2.24) is 0 Å². The van der Waals surface area contributed by atoms with Crippen LogP contribution in [-0.2, 0) is 6.42 Å². The Hall–Kier alpha value is -3.00. The van der Waals surface area contributed by atoms with Crippen molar-refractivity contribution < 1.29 is 9.59 Å². The van der Waals surface area contributed by atoms with Crippen LogP contribution in [0.15, 0.2) is 84.9 Å². The molecule has 1 atom stereocenters. The summed E-state index contributed by atoms with van der Waals surface area (Å²) in [5.41, 5.74) is 3.60. The monoisotopic (exact) mass is 340 g/mol. The first-order chi connectivity index (χ1) is 12.8. The predicted molar refractivity (Wildman–Crippen MR) is 103 cm³/mol. The lowest BCUT2D eigenvalue weighted by Crippen LogP contribution is -2.30. The van der Waals surface area contributed by atoms with Gasteiger partial charge in [0.1, 0.15) is 0 Å². The van der Waals surface area contributed by atoms with E-state index in [4.69, 9.17) is 0 Å². The van der Waals surface area contributed by atoms with Crippen LogP contribution < -0.4 is 0 Å². The van der Waals surface area contributed by atoms with E-state index in [1.54, 1.807) is 24.3 Å². The van der Waals surface area contributed by atoms with Crippen molar-refractivity contribution in [1.29, 1.82) is 0 Å². The van der Waals surface area contributed by atoms with Gasteiger partial charge in [0.05, 0.1) is 5.92 Å². The van der Waals surface area contributed by atoms with Crippen LogP contribution >= 0.6 is 0 Å². The molecular formula is C24H20O2. The molecule has 3 aromatic rings. The Balaban J connectivity index is 1.78. The zero-order valence-corrected chi connectivity index (χ0v) is 14.5. The fourth-order valence-corrected chi connectivity index (χ4v) is 3.98. The molecule has 3 aromatic carbocycles. The van der Waals surface area contributed by atoms with E-state index in [0.717, 1.165) is 18.4 Å². The van der Waals surface area contributed by atoms with E-state index >= 15 is 0 Å². The van der Waals surface area contributed by atoms with Gasteiger partial charge in [-0.25, -0.2) is 0 Å². The Kier molecular flexibility index (Phi) is 4.49. The van der Waals surface area contributed by atoms with E-state index < -0.39 is 5.92 Å². The fraction of sp³-hybridized carbons (Fsp3) is 0.167. The van der Waals surface area contributed by atoms with E-state index in [9.17, 15) is 9.59 Å². The molecule has 1 unspecified atom stereocenters. The van der Waals surface area contributed by atoms with Crippen molar-refractivity contribution in [3.05, 3.63) is 107 Å². The highest BCUT2D eigenvalue weighted by Crippen LogP contribution is 2.41. The van der Waals surface area contributed by atoms with Gasteiger partial charge < -0.3 is 0 Å². The smallest absolute Gasteiger partial charge is 0.174 e. The number of aryl methyl sites for hydroxylation is 1. The van der Waals surface area contributed by atoms with Gasteiger partial charge >= 0.3 is 0 Å². The standard InChI is InChI=1S/C24H20O2/c25-23(18-10-3-1-4-11-18)22(24(26)19-12-5-2-6-13-19)21-16-15-17-9-7-8-14-20(17)21/h1-14,21-22H,15-16H2. The molecule has 0 spiro atoms. The minimum absolute atomic E-state index is 0.0633. The Bertz CT molecular complexity index is 877. The third kappa shape index (κ3) is 2.99. The topological polar surface area (TPSA) is 34.1 Å². The summed E-state index contributed by atoms with van der Waals surface area (Å²) < 4.78 is 0. The number of ketones is 2. The van der Waals surface area contributed by atoms with Crippen molar-refractivity contribution in [3.8, 4) is 0 Å². The third-order valence-corrected chi connectivity index (χ3v) is 5.26. The molecule has 1 aliphatic rings. The Morgan fingerprint density at radius 1 is 0.692 bits per heavy atom. The number of Topliss-reactive ketones (excluding diaryl/α,β-unsaturated/α-hetero) is 2. The second-order valence-electron chi connectivity index (χ2n) is 6.78. The van der Waals surface area contributed by atoms with Gasteiger partial charge in [0, 0.05) is 17.0 Å². The molecule has 0 N–H and O–H groups in total. The van der Waals surface area contributed by atoms with Crippen LogP contribution in [0.3, 0.4) is 0 Å². The van der Waals surface area contributed by atoms with E-state index in [1.807, 2.05) is 48.5 Å². The van der Waals surface area contributed by atoms with Crippen molar-refractivity contribution in [3.63, 3.8) is 0 Å². The van der Waals surface area contributed by atoms with Crippen LogP contribution in [0, 0.1) is 5.92 Å². The molecule has 0 aromatic heterocycles. The maximum absolute atomic E-state index is 13.3. The highest BCUT2D eigenvalue weighted by Gasteiger charge is 2.39. The molecule has 0 saturated carbocycles. The summed E-state index contributed by atoms with van der Waals surface area (Å²) in [6, 6.07) is 26.5. The van der Waals surface area contributed by atoms with Gasteiger partial charge in [0.2, 0.25) is 0 Å². The van der Waals surface area contributed by atoms with Crippen molar-refractivity contribution in [2.24, 2.45) is 5.92 Å². The van der Waals surface area contributed by atoms with Crippen LogP contribution in [0.5, 0.6) is 0 Å². The maximum atomic E-state index is 13.3. The molecule has 0 bridgehead atoms. The Labute approximate surface area is 153 Å². The molecule has 26 heavy (non-hydrogen) atoms. The Morgan fingerprint density at radius 3 is 1.77 bits per heavy atom. The summed E-state index contributed by atoms with van der Waals surface area (Å²) in [4.78, 5) is 26.7. The van der Waals surface area contributed by atoms with Gasteiger partial charge in [-0.2, -0.15) is 0 Å². The lowest BCUT2D eigenvalue weighted by atomic mass is 9.77. The molecule has 2 nitrogen and oxygen atoms in total. The zero-order chi connectivity index (χ0) is 17.9. The quantitative estimate of drug-likeness (QED) is 0.478. The molecule has 128 valence electrons. The van der Waals surface area contributed by atoms with Crippen LogP contribution in [0.25, 0.3) is 0 Å². The Morgan fingerprint density at radius 2 is 1.19 bits per heavy atom. The van der Waals surface area contributed by atoms with Crippen molar-refractivity contribution in [2.75, 3.05) is 0 Å². The molecule has 1 aliphatic carbocycles. The lowest BCUT2D eigenvalue weighted by Gasteiger charge is -2.22. The van der Waals surface area contributed by atoms with Crippen LogP contribution in [-0.4, -0.2) is 11.6 Å². The number of benzene rings is 3. The molecule has 0 saturated heterocycles. The minimum atomic E-state index is -0.677. The van der Waals surface area contributed by atoms with Gasteiger partial charge in [0.25, 0.3) is 0 Å². The van der Waals surface area contributed by atoms with Crippen LogP contribution in [0.4, 0.5) is 0 Å². The first kappa shape index (κ1) is 16.5. The highest BCUT2D eigenvalue weighted by molar-refractivity contribution is 6.16. The average Bonchev–Trinajstić information content (AvgIpc) is 3.13. The van der Waals surface area contributed by atoms with Crippen molar-refractivity contribution in [2.45, 2.75) is 18.8 Å². The molecule has 2 heteroatoms. The van der Waals surface area contributed by atoms with Gasteiger partial charge in [-0.1, -0.05) is 84.9 Å². The molecular weight excluding hydrogens is 320 g/mol. The van der Waals surface area contributed by atoms with Crippen LogP contribution in [0.1, 0.15) is 44.2 Å². The first-order valence-electron chi connectivity index (χ1n) is 9.02. The second kappa shape index (κ2) is 7.09. The van der Waals surface area contributed by atoms with E-state index in [0.29, 0.717) is 11.1 Å². The van der Waals surface area contributed by atoms with Gasteiger partial charge in [-0.3, -0.25) is 9.59 Å². The molecule has 0 fully saturated rings. The molecule has 0 heterocycles. The molecule has 0 amide bonds. The largest absolute Gasteiger partial charge is 0.293 e. The van der Waals surface area contributed by atoms with Gasteiger partial charge in [-0.15, -0.1) is 0 Å². The fourth-order valence-electron chi connectivity index (χ4n) is 3.98. The van der Waals surface area contributed by atoms with E-state index in [1.165, 1.54) is 5.56 Å². The number of hydrogen-bond donors (Lipinski definition) is 0. The summed E-state index contributed by atoms with van der Waals surface area (Å²) in [6.45, 7) is 0.